The zero-order valence-electron chi connectivity index (χ0n) is 23.8. The maximum atomic E-state index is 14.0. The number of cyclic esters (lactones) is 1. The van der Waals surface area contributed by atoms with Gasteiger partial charge in [-0.15, -0.1) is 0 Å². The van der Waals surface area contributed by atoms with Crippen LogP contribution in [0.2, 0.25) is 5.02 Å². The smallest absolute Gasteiger partial charge is 0.416 e. The molecule has 3 aliphatic heterocycles. The van der Waals surface area contributed by atoms with E-state index in [0.29, 0.717) is 55.0 Å². The molecule has 0 saturated carbocycles. The number of carbonyl (C=O) groups is 2. The zero-order chi connectivity index (χ0) is 30.2. The molecule has 4 heterocycles. The molecule has 0 aliphatic carbocycles. The first-order valence-electron chi connectivity index (χ1n) is 14.6. The number of carbonyl (C=O) groups excluding carboxylic acids is 2. The number of likely N-dealkylation sites (N-methyl/N-ethyl adjacent to an activating group) is 1. The molecule has 2 unspecified atom stereocenters. The van der Waals surface area contributed by atoms with Gasteiger partial charge in [-0.25, -0.2) is 9.59 Å². The first kappa shape index (κ1) is 29.4. The zero-order valence-corrected chi connectivity index (χ0v) is 24.5. The molecule has 3 fully saturated rings. The summed E-state index contributed by atoms with van der Waals surface area (Å²) in [4.78, 5) is 43.4. The third-order valence-electron chi connectivity index (χ3n) is 8.59. The summed E-state index contributed by atoms with van der Waals surface area (Å²) in [6.07, 6.45) is 0.616. The van der Waals surface area contributed by atoms with E-state index < -0.39 is 41.3 Å². The van der Waals surface area contributed by atoms with E-state index in [-0.39, 0.29) is 35.1 Å². The highest BCUT2D eigenvalue weighted by molar-refractivity contribution is 6.33. The number of ether oxygens (including phenoxy) is 2. The topological polar surface area (TPSA) is 142 Å². The summed E-state index contributed by atoms with van der Waals surface area (Å²) < 4.78 is 17.5. The Balaban J connectivity index is 1.50. The highest BCUT2D eigenvalue weighted by Gasteiger charge is 2.42. The molecular weight excluding hydrogens is 578 g/mol. The molecule has 2 aromatic carbocycles. The number of likely N-dealkylation sites (tertiary alicyclic amines) is 1. The third-order valence-corrected chi connectivity index (χ3v) is 8.92. The average molecular weight is 612 g/mol. The molecule has 3 aromatic rings. The summed E-state index contributed by atoms with van der Waals surface area (Å²) in [6.45, 7) is 2.45. The Labute approximate surface area is 252 Å². The summed E-state index contributed by atoms with van der Waals surface area (Å²) in [5.41, 5.74) is 0.253. The predicted octanol–water partition coefficient (Wildman–Crippen LogP) is 3.47. The molecule has 0 radical (unpaired) electrons. The largest absolute Gasteiger partial charge is 0.507 e. The van der Waals surface area contributed by atoms with Crippen molar-refractivity contribution < 1.29 is 33.7 Å². The summed E-state index contributed by atoms with van der Waals surface area (Å²) >= 11 is 6.43. The second-order valence-electron chi connectivity index (χ2n) is 11.4. The van der Waals surface area contributed by atoms with Crippen molar-refractivity contribution in [1.29, 1.82) is 0 Å². The van der Waals surface area contributed by atoms with E-state index in [1.807, 2.05) is 11.9 Å². The van der Waals surface area contributed by atoms with Crippen LogP contribution in [-0.2, 0) is 9.53 Å². The monoisotopic (exact) mass is 611 g/mol. The number of nitrogens with zero attached hydrogens (tertiary/aromatic N) is 2. The Hall–Kier alpha value is -3.64. The van der Waals surface area contributed by atoms with Crippen molar-refractivity contribution in [1.82, 2.24) is 15.1 Å². The number of piperidine rings is 2. The van der Waals surface area contributed by atoms with Gasteiger partial charge in [0.2, 0.25) is 0 Å². The van der Waals surface area contributed by atoms with Crippen molar-refractivity contribution >= 4 is 34.6 Å². The number of phenolic OH excluding ortho intramolecular Hbond substituents is 1. The van der Waals surface area contributed by atoms with Crippen molar-refractivity contribution in [3.8, 4) is 22.8 Å². The maximum absolute atomic E-state index is 14.0. The second kappa shape index (κ2) is 12.2. The van der Waals surface area contributed by atoms with Gasteiger partial charge in [0.15, 0.2) is 5.43 Å². The number of β-amino-alcohol motifs (C(OH)–C–C–N with tert-alkyl or cyclic N) is 1. The van der Waals surface area contributed by atoms with Gasteiger partial charge in [0.05, 0.1) is 17.7 Å². The standard InChI is InChI=1S/C31H34ClN3O8/c1-34-11-8-19(24(38)16-34)27-26(43-31(40)35(17-5-4-10-33-15-17)21-9-12-41-30(21)39)14-23(37)28-22(36)13-25(42-29(27)28)18-6-2-3-7-20(18)32/h2-3,6-7,13-14,17,19,21,24,33,37-38H,4-5,8-12,15-16H2,1H3/t17?,19-,21?,24+/m0/s1. The quantitative estimate of drug-likeness (QED) is 0.367. The predicted molar refractivity (Wildman–Crippen MR) is 159 cm³/mol. The van der Waals surface area contributed by atoms with E-state index in [2.05, 4.69) is 5.32 Å². The van der Waals surface area contributed by atoms with Crippen LogP contribution >= 0.6 is 11.6 Å². The van der Waals surface area contributed by atoms with Crippen LogP contribution in [0.25, 0.3) is 22.3 Å². The molecule has 228 valence electrons. The van der Waals surface area contributed by atoms with Crippen LogP contribution in [0.3, 0.4) is 0 Å². The summed E-state index contributed by atoms with van der Waals surface area (Å²) in [5.74, 6) is -1.41. The van der Waals surface area contributed by atoms with Crippen LogP contribution in [0.4, 0.5) is 4.79 Å². The minimum atomic E-state index is -0.887. The van der Waals surface area contributed by atoms with Crippen molar-refractivity contribution in [3.63, 3.8) is 0 Å². The van der Waals surface area contributed by atoms with Crippen LogP contribution in [0, 0.1) is 0 Å². The summed E-state index contributed by atoms with van der Waals surface area (Å²) in [7, 11) is 1.89. The molecule has 3 saturated heterocycles. The fourth-order valence-corrected chi connectivity index (χ4v) is 6.68. The Bertz CT molecular complexity index is 1600. The lowest BCUT2D eigenvalue weighted by atomic mass is 9.85. The lowest BCUT2D eigenvalue weighted by Crippen LogP contribution is -2.55. The Morgan fingerprint density at radius 2 is 2.00 bits per heavy atom. The number of hydrogen-bond donors (Lipinski definition) is 3. The van der Waals surface area contributed by atoms with Crippen LogP contribution in [-0.4, -0.2) is 90.1 Å². The SMILES string of the molecule is CN1CC[C@H](c2c(OC(=O)N(C3CCCNC3)C3CCOC3=O)cc(O)c3c(=O)cc(-c4ccccc4Cl)oc23)[C@H](O)C1. The number of nitrogens with one attached hydrogen (secondary N) is 1. The van der Waals surface area contributed by atoms with E-state index in [0.717, 1.165) is 13.0 Å². The van der Waals surface area contributed by atoms with Gasteiger partial charge >= 0.3 is 12.1 Å². The van der Waals surface area contributed by atoms with Gasteiger partial charge in [-0.3, -0.25) is 9.69 Å². The van der Waals surface area contributed by atoms with Gasteiger partial charge in [0.1, 0.15) is 34.3 Å². The average Bonchev–Trinajstić information content (AvgIpc) is 3.39. The highest BCUT2D eigenvalue weighted by atomic mass is 35.5. The third kappa shape index (κ3) is 5.70. The Kier molecular flexibility index (Phi) is 8.32. The van der Waals surface area contributed by atoms with Gasteiger partial charge in [0, 0.05) is 54.7 Å². The molecule has 3 N–H and O–H groups in total. The van der Waals surface area contributed by atoms with Gasteiger partial charge in [-0.05, 0) is 51.5 Å². The molecule has 4 atom stereocenters. The fourth-order valence-electron chi connectivity index (χ4n) is 6.45. The number of aromatic hydroxyl groups is 1. The van der Waals surface area contributed by atoms with Crippen molar-refractivity contribution in [2.24, 2.45) is 0 Å². The van der Waals surface area contributed by atoms with Gasteiger partial charge < -0.3 is 34.3 Å². The molecular formula is C31H34ClN3O8. The number of halogens is 1. The first-order chi connectivity index (χ1) is 20.7. The molecule has 11 nitrogen and oxygen atoms in total. The number of aliphatic hydroxyl groups is 1. The van der Waals surface area contributed by atoms with Gasteiger partial charge in [-0.2, -0.15) is 0 Å². The fraction of sp³-hybridized carbons (Fsp3) is 0.452. The van der Waals surface area contributed by atoms with E-state index in [9.17, 15) is 24.6 Å². The number of esters is 1. The van der Waals surface area contributed by atoms with Crippen LogP contribution in [0.5, 0.6) is 11.5 Å². The molecule has 1 aromatic heterocycles. The normalized spacial score (nSPS) is 24.6. The van der Waals surface area contributed by atoms with Crippen LogP contribution < -0.4 is 15.5 Å². The second-order valence-corrected chi connectivity index (χ2v) is 11.8. The molecule has 43 heavy (non-hydrogen) atoms. The van der Waals surface area contributed by atoms with Crippen molar-refractivity contribution in [3.05, 3.63) is 57.2 Å². The lowest BCUT2D eigenvalue weighted by molar-refractivity contribution is -0.142. The molecule has 6 rings (SSSR count). The number of fused-ring (bicyclic) bond motifs is 1. The lowest BCUT2D eigenvalue weighted by Gasteiger charge is -2.37. The van der Waals surface area contributed by atoms with E-state index in [4.69, 9.17) is 25.5 Å². The Morgan fingerprint density at radius 1 is 1.19 bits per heavy atom. The maximum Gasteiger partial charge on any atom is 0.416 e. The minimum absolute atomic E-state index is 0.00461. The highest BCUT2D eigenvalue weighted by Crippen LogP contribution is 2.44. The van der Waals surface area contributed by atoms with Crippen LogP contribution in [0.15, 0.2) is 45.6 Å². The summed E-state index contributed by atoms with van der Waals surface area (Å²) in [6, 6.07) is 8.23. The van der Waals surface area contributed by atoms with Gasteiger partial charge in [0.25, 0.3) is 0 Å². The molecule has 0 spiro atoms. The molecule has 0 bridgehead atoms. The molecule has 12 heteroatoms. The van der Waals surface area contributed by atoms with Crippen molar-refractivity contribution in [2.45, 2.75) is 49.8 Å². The number of rotatable bonds is 5. The van der Waals surface area contributed by atoms with Gasteiger partial charge in [-0.1, -0.05) is 23.7 Å². The number of phenols is 1. The van der Waals surface area contributed by atoms with E-state index in [1.165, 1.54) is 17.0 Å². The summed E-state index contributed by atoms with van der Waals surface area (Å²) in [5, 5.41) is 25.9. The number of amides is 1. The Morgan fingerprint density at radius 3 is 2.70 bits per heavy atom. The molecule has 1 amide bonds. The minimum Gasteiger partial charge on any atom is -0.507 e. The molecule has 3 aliphatic rings. The first-order valence-corrected chi connectivity index (χ1v) is 14.9. The van der Waals surface area contributed by atoms with Crippen LogP contribution in [0.1, 0.15) is 37.2 Å². The van der Waals surface area contributed by atoms with E-state index >= 15 is 0 Å². The number of aliphatic hydroxyl groups excluding tert-OH is 1. The number of hydrogen-bond acceptors (Lipinski definition) is 10. The number of benzene rings is 2. The van der Waals surface area contributed by atoms with Crippen molar-refractivity contribution in [2.75, 3.05) is 39.8 Å². The van der Waals surface area contributed by atoms with E-state index in [1.54, 1.807) is 24.3 Å².